The molecule has 1 aliphatic heterocycles. The van der Waals surface area contributed by atoms with Crippen LogP contribution in [0.4, 0.5) is 11.4 Å². The van der Waals surface area contributed by atoms with E-state index in [0.717, 1.165) is 5.56 Å². The maximum atomic E-state index is 12.5. The Hall–Kier alpha value is -2.89. The maximum absolute atomic E-state index is 12.5. The average molecular weight is 339 g/mol. The smallest absolute Gasteiger partial charge is 0.292 e. The molecule has 1 fully saturated rings. The standard InChI is InChI=1S/C19H21N3O3/c1-15-6-8-16(9-7-15)14-19(23)21-12-10-20(11-13-21)17-4-2-3-5-18(17)22(24)25/h2-9H,10-14H2,1H3. The largest absolute Gasteiger partial charge is 0.362 e. The Morgan fingerprint density at radius 3 is 2.32 bits per heavy atom. The van der Waals surface area contributed by atoms with Crippen molar-refractivity contribution in [1.29, 1.82) is 0 Å². The molecule has 1 amide bonds. The number of nitro groups is 1. The van der Waals surface area contributed by atoms with Crippen molar-refractivity contribution in [2.45, 2.75) is 13.3 Å². The van der Waals surface area contributed by atoms with Gasteiger partial charge in [-0.05, 0) is 18.6 Å². The summed E-state index contributed by atoms with van der Waals surface area (Å²) in [7, 11) is 0. The second-order valence-electron chi connectivity index (χ2n) is 6.28. The molecule has 0 bridgehead atoms. The normalized spacial score (nSPS) is 14.4. The molecule has 0 unspecified atom stereocenters. The first-order valence-corrected chi connectivity index (χ1v) is 8.36. The van der Waals surface area contributed by atoms with Crippen LogP contribution in [-0.2, 0) is 11.2 Å². The summed E-state index contributed by atoms with van der Waals surface area (Å²) >= 11 is 0. The fourth-order valence-electron chi connectivity index (χ4n) is 3.08. The van der Waals surface area contributed by atoms with E-state index in [9.17, 15) is 14.9 Å². The molecule has 2 aromatic rings. The fraction of sp³-hybridized carbons (Fsp3) is 0.316. The van der Waals surface area contributed by atoms with Crippen molar-refractivity contribution < 1.29 is 9.72 Å². The first-order valence-electron chi connectivity index (χ1n) is 8.36. The first-order chi connectivity index (χ1) is 12.0. The van der Waals surface area contributed by atoms with E-state index < -0.39 is 0 Å². The minimum Gasteiger partial charge on any atom is -0.362 e. The lowest BCUT2D eigenvalue weighted by Gasteiger charge is -2.35. The second-order valence-corrected chi connectivity index (χ2v) is 6.28. The van der Waals surface area contributed by atoms with Gasteiger partial charge < -0.3 is 9.80 Å². The zero-order valence-electron chi connectivity index (χ0n) is 14.2. The van der Waals surface area contributed by atoms with Gasteiger partial charge in [0, 0.05) is 32.2 Å². The highest BCUT2D eigenvalue weighted by atomic mass is 16.6. The van der Waals surface area contributed by atoms with Gasteiger partial charge >= 0.3 is 0 Å². The summed E-state index contributed by atoms with van der Waals surface area (Å²) in [5.41, 5.74) is 2.92. The van der Waals surface area contributed by atoms with Crippen LogP contribution in [0.15, 0.2) is 48.5 Å². The summed E-state index contributed by atoms with van der Waals surface area (Å²) in [4.78, 5) is 27.1. The average Bonchev–Trinajstić information content (AvgIpc) is 2.63. The van der Waals surface area contributed by atoms with Crippen molar-refractivity contribution in [2.75, 3.05) is 31.1 Å². The van der Waals surface area contributed by atoms with E-state index in [1.165, 1.54) is 11.6 Å². The number of rotatable bonds is 4. The van der Waals surface area contributed by atoms with Crippen LogP contribution >= 0.6 is 0 Å². The third-order valence-electron chi connectivity index (χ3n) is 4.53. The van der Waals surface area contributed by atoms with Gasteiger partial charge in [-0.1, -0.05) is 42.0 Å². The van der Waals surface area contributed by atoms with Gasteiger partial charge in [-0.15, -0.1) is 0 Å². The van der Waals surface area contributed by atoms with Crippen LogP contribution < -0.4 is 4.90 Å². The number of anilines is 1. The van der Waals surface area contributed by atoms with Crippen LogP contribution in [0.5, 0.6) is 0 Å². The van der Waals surface area contributed by atoms with Gasteiger partial charge in [0.1, 0.15) is 5.69 Å². The van der Waals surface area contributed by atoms with Crippen LogP contribution in [0.3, 0.4) is 0 Å². The molecule has 2 aromatic carbocycles. The minimum atomic E-state index is -0.357. The summed E-state index contributed by atoms with van der Waals surface area (Å²) in [5, 5.41) is 11.2. The molecule has 1 heterocycles. The maximum Gasteiger partial charge on any atom is 0.292 e. The fourth-order valence-corrected chi connectivity index (χ4v) is 3.08. The number of amides is 1. The van der Waals surface area contributed by atoms with Crippen LogP contribution in [0.1, 0.15) is 11.1 Å². The lowest BCUT2D eigenvalue weighted by molar-refractivity contribution is -0.384. The molecule has 0 radical (unpaired) electrons. The number of hydrogen-bond donors (Lipinski definition) is 0. The molecule has 0 saturated carbocycles. The number of para-hydroxylation sites is 2. The predicted octanol–water partition coefficient (Wildman–Crippen LogP) is 2.79. The first kappa shape index (κ1) is 17.0. The highest BCUT2D eigenvalue weighted by Crippen LogP contribution is 2.28. The van der Waals surface area contributed by atoms with E-state index in [-0.39, 0.29) is 16.5 Å². The predicted molar refractivity (Wildman–Crippen MR) is 96.8 cm³/mol. The molecule has 25 heavy (non-hydrogen) atoms. The van der Waals surface area contributed by atoms with Gasteiger partial charge in [0.05, 0.1) is 11.3 Å². The highest BCUT2D eigenvalue weighted by Gasteiger charge is 2.25. The molecule has 0 aliphatic carbocycles. The van der Waals surface area contributed by atoms with Gasteiger partial charge in [0.2, 0.25) is 5.91 Å². The van der Waals surface area contributed by atoms with Gasteiger partial charge in [-0.3, -0.25) is 14.9 Å². The third kappa shape index (κ3) is 3.96. The SMILES string of the molecule is Cc1ccc(CC(=O)N2CCN(c3ccccc3[N+](=O)[O-])CC2)cc1. The second kappa shape index (κ2) is 7.34. The Morgan fingerprint density at radius 2 is 1.68 bits per heavy atom. The number of carbonyl (C=O) groups is 1. The molecule has 3 rings (SSSR count). The minimum absolute atomic E-state index is 0.103. The monoisotopic (exact) mass is 339 g/mol. The van der Waals surface area contributed by atoms with Gasteiger partial charge in [-0.25, -0.2) is 0 Å². The van der Waals surface area contributed by atoms with Gasteiger partial charge in [0.15, 0.2) is 0 Å². The Morgan fingerprint density at radius 1 is 1.04 bits per heavy atom. The lowest BCUT2D eigenvalue weighted by Crippen LogP contribution is -2.49. The van der Waals surface area contributed by atoms with Crippen LogP contribution in [-0.4, -0.2) is 41.9 Å². The molecular weight excluding hydrogens is 318 g/mol. The van der Waals surface area contributed by atoms with Crippen LogP contribution in [0.2, 0.25) is 0 Å². The zero-order valence-corrected chi connectivity index (χ0v) is 14.2. The topological polar surface area (TPSA) is 66.7 Å². The number of hydrogen-bond acceptors (Lipinski definition) is 4. The van der Waals surface area contributed by atoms with E-state index in [1.54, 1.807) is 18.2 Å². The molecule has 0 spiro atoms. The number of nitrogens with zero attached hydrogens (tertiary/aromatic N) is 3. The van der Waals surface area contributed by atoms with E-state index in [2.05, 4.69) is 0 Å². The molecular formula is C19H21N3O3. The molecule has 0 aromatic heterocycles. The molecule has 0 N–H and O–H groups in total. The molecule has 6 nitrogen and oxygen atoms in total. The quantitative estimate of drug-likeness (QED) is 0.634. The summed E-state index contributed by atoms with van der Waals surface area (Å²) in [6.45, 7) is 4.38. The molecule has 130 valence electrons. The number of piperazine rings is 1. The van der Waals surface area contributed by atoms with Gasteiger partial charge in [-0.2, -0.15) is 0 Å². The Labute approximate surface area is 146 Å². The number of nitro benzene ring substituents is 1. The zero-order chi connectivity index (χ0) is 17.8. The number of aryl methyl sites for hydroxylation is 1. The molecule has 1 saturated heterocycles. The Balaban J connectivity index is 1.61. The Kier molecular flexibility index (Phi) is 4.97. The summed E-state index contributed by atoms with van der Waals surface area (Å²) < 4.78 is 0. The van der Waals surface area contributed by atoms with Crippen molar-refractivity contribution in [3.8, 4) is 0 Å². The summed E-state index contributed by atoms with van der Waals surface area (Å²) in [5.74, 6) is 0.103. The molecule has 0 atom stereocenters. The lowest BCUT2D eigenvalue weighted by atomic mass is 10.1. The van der Waals surface area contributed by atoms with Crippen LogP contribution in [0.25, 0.3) is 0 Å². The van der Waals surface area contributed by atoms with E-state index >= 15 is 0 Å². The van der Waals surface area contributed by atoms with Crippen LogP contribution in [0, 0.1) is 17.0 Å². The van der Waals surface area contributed by atoms with E-state index in [0.29, 0.717) is 38.3 Å². The van der Waals surface area contributed by atoms with E-state index in [4.69, 9.17) is 0 Å². The summed E-state index contributed by atoms with van der Waals surface area (Å²) in [6, 6.07) is 14.7. The van der Waals surface area contributed by atoms with E-state index in [1.807, 2.05) is 41.0 Å². The third-order valence-corrected chi connectivity index (χ3v) is 4.53. The number of carbonyl (C=O) groups excluding carboxylic acids is 1. The molecule has 6 heteroatoms. The van der Waals surface area contributed by atoms with Crippen molar-refractivity contribution in [1.82, 2.24) is 4.90 Å². The molecule has 1 aliphatic rings. The summed E-state index contributed by atoms with van der Waals surface area (Å²) in [6.07, 6.45) is 0.395. The Bertz CT molecular complexity index is 766. The van der Waals surface area contributed by atoms with Gasteiger partial charge in [0.25, 0.3) is 5.69 Å². The number of benzene rings is 2. The van der Waals surface area contributed by atoms with Crippen molar-refractivity contribution in [3.63, 3.8) is 0 Å². The van der Waals surface area contributed by atoms with Crippen molar-refractivity contribution in [3.05, 3.63) is 69.8 Å². The van der Waals surface area contributed by atoms with Crippen molar-refractivity contribution in [2.24, 2.45) is 0 Å². The highest BCUT2D eigenvalue weighted by molar-refractivity contribution is 5.79. The van der Waals surface area contributed by atoms with Crippen molar-refractivity contribution >= 4 is 17.3 Å².